The molecule has 2 aliphatic carbocycles. The van der Waals surface area contributed by atoms with Crippen LogP contribution in [0.4, 0.5) is 0 Å². The molecule has 1 aromatic rings. The number of fused-ring (bicyclic) bond motifs is 2. The summed E-state index contributed by atoms with van der Waals surface area (Å²) >= 11 is 5.24. The zero-order valence-electron chi connectivity index (χ0n) is 10.5. The van der Waals surface area contributed by atoms with Crippen LogP contribution in [0.25, 0.3) is 0 Å². The van der Waals surface area contributed by atoms with Gasteiger partial charge >= 0.3 is 0 Å². The predicted octanol–water partition coefficient (Wildman–Crippen LogP) is 1.84. The highest BCUT2D eigenvalue weighted by Crippen LogP contribution is 2.38. The molecular formula is C14H16N4S. The van der Waals surface area contributed by atoms with Crippen molar-refractivity contribution in [3.63, 3.8) is 0 Å². The van der Waals surface area contributed by atoms with Crippen LogP contribution in [-0.4, -0.2) is 22.4 Å². The molecular weight excluding hydrogens is 256 g/mol. The summed E-state index contributed by atoms with van der Waals surface area (Å²) in [7, 11) is 0. The number of thiocarbonyl (C=S) groups is 1. The van der Waals surface area contributed by atoms with Gasteiger partial charge in [-0.2, -0.15) is 5.10 Å². The molecule has 19 heavy (non-hydrogen) atoms. The van der Waals surface area contributed by atoms with E-state index in [1.807, 2.05) is 18.2 Å². The lowest BCUT2D eigenvalue weighted by Gasteiger charge is -2.20. The fraction of sp³-hybridized carbons (Fsp3) is 0.357. The Balaban J connectivity index is 1.47. The fourth-order valence-corrected chi connectivity index (χ4v) is 2.96. The zero-order chi connectivity index (χ0) is 13.1. The van der Waals surface area contributed by atoms with Gasteiger partial charge in [0.1, 0.15) is 0 Å². The van der Waals surface area contributed by atoms with Crippen LogP contribution >= 0.6 is 12.2 Å². The van der Waals surface area contributed by atoms with Crippen molar-refractivity contribution in [1.29, 1.82) is 0 Å². The third-order valence-electron chi connectivity index (χ3n) is 3.65. The number of aromatic nitrogens is 1. The molecule has 0 saturated heterocycles. The lowest BCUT2D eigenvalue weighted by Crippen LogP contribution is -2.42. The Morgan fingerprint density at radius 1 is 1.37 bits per heavy atom. The maximum absolute atomic E-state index is 5.24. The van der Waals surface area contributed by atoms with Crippen molar-refractivity contribution in [2.45, 2.75) is 18.9 Å². The smallest absolute Gasteiger partial charge is 0.187 e. The molecule has 1 fully saturated rings. The Morgan fingerprint density at radius 2 is 2.32 bits per heavy atom. The summed E-state index contributed by atoms with van der Waals surface area (Å²) in [6.07, 6.45) is 10.4. The van der Waals surface area contributed by atoms with E-state index >= 15 is 0 Å². The van der Waals surface area contributed by atoms with E-state index in [1.165, 1.54) is 12.8 Å². The maximum Gasteiger partial charge on any atom is 0.187 e. The first-order valence-electron chi connectivity index (χ1n) is 6.50. The largest absolute Gasteiger partial charge is 0.358 e. The second kappa shape index (κ2) is 5.48. The average molecular weight is 272 g/mol. The van der Waals surface area contributed by atoms with Gasteiger partial charge in [-0.15, -0.1) is 0 Å². The van der Waals surface area contributed by atoms with Gasteiger partial charge in [0, 0.05) is 12.2 Å². The number of hydrazone groups is 1. The second-order valence-corrected chi connectivity index (χ2v) is 5.39. The molecule has 0 radical (unpaired) electrons. The molecule has 3 rings (SSSR count). The molecule has 0 aliphatic heterocycles. The Morgan fingerprint density at radius 3 is 3.00 bits per heavy atom. The summed E-state index contributed by atoms with van der Waals surface area (Å²) in [4.78, 5) is 4.15. The molecule has 0 unspecified atom stereocenters. The summed E-state index contributed by atoms with van der Waals surface area (Å²) in [5.74, 6) is 1.37. The van der Waals surface area contributed by atoms with Gasteiger partial charge in [0.25, 0.3) is 0 Å². The fourth-order valence-electron chi connectivity index (χ4n) is 2.76. The second-order valence-electron chi connectivity index (χ2n) is 4.98. The van der Waals surface area contributed by atoms with E-state index in [4.69, 9.17) is 12.2 Å². The molecule has 2 N–H and O–H groups in total. The molecule has 1 saturated carbocycles. The van der Waals surface area contributed by atoms with Gasteiger partial charge in [-0.1, -0.05) is 18.2 Å². The highest BCUT2D eigenvalue weighted by Gasteiger charge is 2.35. The van der Waals surface area contributed by atoms with Crippen molar-refractivity contribution in [2.24, 2.45) is 16.9 Å². The summed E-state index contributed by atoms with van der Waals surface area (Å²) in [6.45, 7) is 0. The van der Waals surface area contributed by atoms with Crippen molar-refractivity contribution in [2.75, 3.05) is 0 Å². The van der Waals surface area contributed by atoms with Crippen LogP contribution in [0, 0.1) is 11.8 Å². The minimum Gasteiger partial charge on any atom is -0.358 e. The number of nitrogens with one attached hydrogen (secondary N) is 2. The van der Waals surface area contributed by atoms with E-state index in [2.05, 4.69) is 33.0 Å². The molecule has 1 aromatic heterocycles. The van der Waals surface area contributed by atoms with Crippen LogP contribution in [0.1, 0.15) is 18.5 Å². The van der Waals surface area contributed by atoms with Gasteiger partial charge in [0.05, 0.1) is 11.9 Å². The maximum atomic E-state index is 5.24. The molecule has 0 amide bonds. The third kappa shape index (κ3) is 2.98. The van der Waals surface area contributed by atoms with Crippen LogP contribution in [0.15, 0.2) is 41.6 Å². The van der Waals surface area contributed by atoms with Crippen LogP contribution in [0.5, 0.6) is 0 Å². The highest BCUT2D eigenvalue weighted by atomic mass is 32.1. The van der Waals surface area contributed by atoms with Gasteiger partial charge in [0.2, 0.25) is 0 Å². The summed E-state index contributed by atoms with van der Waals surface area (Å²) in [5.41, 5.74) is 3.65. The van der Waals surface area contributed by atoms with E-state index in [0.717, 1.165) is 11.6 Å². The lowest BCUT2D eigenvalue weighted by atomic mass is 10.0. The van der Waals surface area contributed by atoms with Crippen molar-refractivity contribution < 1.29 is 0 Å². The van der Waals surface area contributed by atoms with Crippen LogP contribution in [0.3, 0.4) is 0 Å². The molecule has 3 atom stereocenters. The number of allylic oxidation sites excluding steroid dienone is 1. The predicted molar refractivity (Wildman–Crippen MR) is 79.8 cm³/mol. The van der Waals surface area contributed by atoms with E-state index in [9.17, 15) is 0 Å². The van der Waals surface area contributed by atoms with E-state index in [0.29, 0.717) is 17.1 Å². The lowest BCUT2D eigenvalue weighted by molar-refractivity contribution is 0.521. The summed E-state index contributed by atoms with van der Waals surface area (Å²) < 4.78 is 0. The Kier molecular flexibility index (Phi) is 3.55. The first kappa shape index (κ1) is 12.3. The molecule has 98 valence electrons. The molecule has 2 aliphatic rings. The zero-order valence-corrected chi connectivity index (χ0v) is 11.3. The quantitative estimate of drug-likeness (QED) is 0.381. The Bertz CT molecular complexity index is 511. The summed E-state index contributed by atoms with van der Waals surface area (Å²) in [5, 5.41) is 8.00. The van der Waals surface area contributed by atoms with Crippen molar-refractivity contribution in [1.82, 2.24) is 15.7 Å². The van der Waals surface area contributed by atoms with Gasteiger partial charge in [-0.25, -0.2) is 0 Å². The topological polar surface area (TPSA) is 49.3 Å². The van der Waals surface area contributed by atoms with E-state index in [1.54, 1.807) is 12.4 Å². The molecule has 0 aromatic carbocycles. The molecule has 0 spiro atoms. The van der Waals surface area contributed by atoms with Crippen LogP contribution < -0.4 is 10.7 Å². The number of hydrogen-bond donors (Lipinski definition) is 2. The van der Waals surface area contributed by atoms with E-state index in [-0.39, 0.29) is 0 Å². The number of rotatable bonds is 3. The van der Waals surface area contributed by atoms with Crippen LogP contribution in [-0.2, 0) is 0 Å². The molecule has 5 heteroatoms. The standard InChI is InChI=1S/C14H16N4S/c19-14(17-13-8-10-4-5-11(13)7-10)18-16-9-12-3-1-2-6-15-12/h1-6,9-11,13H,7-8H2,(H2,17,18,19)/b16-9-/t10-,11-,13+/m1/s1. The van der Waals surface area contributed by atoms with Crippen molar-refractivity contribution in [3.05, 3.63) is 42.2 Å². The minimum atomic E-state index is 0.458. The highest BCUT2D eigenvalue weighted by molar-refractivity contribution is 7.80. The van der Waals surface area contributed by atoms with Gasteiger partial charge in [-0.05, 0) is 49.0 Å². The van der Waals surface area contributed by atoms with Crippen LogP contribution in [0.2, 0.25) is 0 Å². The first-order valence-corrected chi connectivity index (χ1v) is 6.91. The van der Waals surface area contributed by atoms with E-state index < -0.39 is 0 Å². The van der Waals surface area contributed by atoms with Crippen molar-refractivity contribution >= 4 is 23.5 Å². The number of hydrogen-bond acceptors (Lipinski definition) is 3. The number of pyridine rings is 1. The monoisotopic (exact) mass is 272 g/mol. The van der Waals surface area contributed by atoms with Gasteiger partial charge < -0.3 is 5.32 Å². The average Bonchev–Trinajstić information content (AvgIpc) is 3.02. The summed E-state index contributed by atoms with van der Waals surface area (Å²) in [6, 6.07) is 6.15. The van der Waals surface area contributed by atoms with Gasteiger partial charge in [-0.3, -0.25) is 10.4 Å². The molecule has 2 bridgehead atoms. The van der Waals surface area contributed by atoms with Crippen molar-refractivity contribution in [3.8, 4) is 0 Å². The van der Waals surface area contributed by atoms with Gasteiger partial charge in [0.15, 0.2) is 5.11 Å². The number of nitrogens with zero attached hydrogens (tertiary/aromatic N) is 2. The SMILES string of the molecule is S=C(N/N=C\c1ccccn1)N[C@H]1C[C@@H]2C=C[C@@H]1C2. The first-order chi connectivity index (χ1) is 9.31. The molecule has 4 nitrogen and oxygen atoms in total. The molecule has 1 heterocycles. The Hall–Kier alpha value is -1.75. The normalized spacial score (nSPS) is 27.9. The Labute approximate surface area is 118 Å². The third-order valence-corrected chi connectivity index (χ3v) is 3.86. The minimum absolute atomic E-state index is 0.458.